The van der Waals surface area contributed by atoms with Gasteiger partial charge in [-0.05, 0) is 24.6 Å². The first-order chi connectivity index (χ1) is 15.0. The van der Waals surface area contributed by atoms with Crippen LogP contribution in [0.5, 0.6) is 0 Å². The summed E-state index contributed by atoms with van der Waals surface area (Å²) in [5.74, 6) is -1.50. The second-order valence-electron chi connectivity index (χ2n) is 7.39. The Hall–Kier alpha value is -2.02. The second-order valence-corrected chi connectivity index (χ2v) is 11.4. The normalized spacial score (nSPS) is 17.8. The molecule has 0 bridgehead atoms. The fourth-order valence-corrected chi connectivity index (χ4v) is 6.43. The SMILES string of the molecule is CS(=O)(=O)N1CCC(c2ccc(C(=O)CSc3nc(C(F)(F)F)nc4ccccc34)s2)C1. The number of para-hydroxylation sites is 1. The van der Waals surface area contributed by atoms with Crippen molar-refractivity contribution in [3.8, 4) is 0 Å². The third-order valence-electron chi connectivity index (χ3n) is 5.09. The van der Waals surface area contributed by atoms with Crippen LogP contribution in [0.15, 0.2) is 41.4 Å². The quantitative estimate of drug-likeness (QED) is 0.282. The number of Topliss-reactive ketones (excluding diaryl/α,β-unsaturated/α-hetero) is 1. The molecule has 1 atom stereocenters. The summed E-state index contributed by atoms with van der Waals surface area (Å²) in [6, 6.07) is 9.88. The zero-order valence-electron chi connectivity index (χ0n) is 16.8. The highest BCUT2D eigenvalue weighted by atomic mass is 32.2. The minimum atomic E-state index is -4.69. The van der Waals surface area contributed by atoms with Gasteiger partial charge in [0.15, 0.2) is 5.78 Å². The van der Waals surface area contributed by atoms with E-state index in [0.717, 1.165) is 16.6 Å². The Morgan fingerprint density at radius 2 is 1.97 bits per heavy atom. The number of fused-ring (bicyclic) bond motifs is 1. The van der Waals surface area contributed by atoms with Crippen LogP contribution < -0.4 is 0 Å². The maximum Gasteiger partial charge on any atom is 0.451 e. The number of aromatic nitrogens is 2. The number of hydrogen-bond acceptors (Lipinski definition) is 7. The molecule has 3 heterocycles. The predicted octanol–water partition coefficient (Wildman–Crippen LogP) is 4.43. The molecule has 1 unspecified atom stereocenters. The van der Waals surface area contributed by atoms with Gasteiger partial charge in [0.05, 0.1) is 22.4 Å². The number of halogens is 3. The predicted molar refractivity (Wildman–Crippen MR) is 118 cm³/mol. The van der Waals surface area contributed by atoms with Crippen molar-refractivity contribution in [1.82, 2.24) is 14.3 Å². The molecule has 0 spiro atoms. The van der Waals surface area contributed by atoms with Crippen LogP contribution in [0, 0.1) is 0 Å². The number of carbonyl (C=O) groups is 1. The standard InChI is InChI=1S/C20H18F3N3O3S3/c1-32(28,29)26-9-8-12(10-26)16-6-7-17(31-16)15(27)11-30-18-13-4-2-3-5-14(13)24-19(25-18)20(21,22)23/h2-7,12H,8-11H2,1H3. The number of sulfonamides is 1. The number of thioether (sulfide) groups is 1. The molecular weight excluding hydrogens is 483 g/mol. The highest BCUT2D eigenvalue weighted by molar-refractivity contribution is 8.00. The van der Waals surface area contributed by atoms with E-state index in [2.05, 4.69) is 9.97 Å². The minimum Gasteiger partial charge on any atom is -0.292 e. The van der Waals surface area contributed by atoms with Gasteiger partial charge in [0.1, 0.15) is 5.03 Å². The molecule has 1 saturated heterocycles. The van der Waals surface area contributed by atoms with Crippen LogP contribution in [-0.2, 0) is 16.2 Å². The molecule has 1 fully saturated rings. The maximum atomic E-state index is 13.2. The smallest absolute Gasteiger partial charge is 0.292 e. The van der Waals surface area contributed by atoms with E-state index < -0.39 is 22.0 Å². The average molecular weight is 502 g/mol. The fourth-order valence-electron chi connectivity index (χ4n) is 3.47. The molecule has 6 nitrogen and oxygen atoms in total. The van der Waals surface area contributed by atoms with Gasteiger partial charge in [-0.2, -0.15) is 13.2 Å². The number of benzene rings is 1. The molecule has 0 saturated carbocycles. The van der Waals surface area contributed by atoms with Gasteiger partial charge in [-0.25, -0.2) is 22.7 Å². The molecule has 3 aromatic rings. The van der Waals surface area contributed by atoms with Crippen LogP contribution >= 0.6 is 23.1 Å². The lowest BCUT2D eigenvalue weighted by Gasteiger charge is -2.12. The van der Waals surface area contributed by atoms with E-state index in [0.29, 0.717) is 29.8 Å². The van der Waals surface area contributed by atoms with E-state index in [1.165, 1.54) is 28.0 Å². The molecule has 0 aliphatic carbocycles. The number of nitrogens with zero attached hydrogens (tertiary/aromatic N) is 3. The highest BCUT2D eigenvalue weighted by Gasteiger charge is 2.35. The molecule has 0 radical (unpaired) electrons. The molecule has 1 aromatic carbocycles. The highest BCUT2D eigenvalue weighted by Crippen LogP contribution is 2.35. The summed E-state index contributed by atoms with van der Waals surface area (Å²) in [5, 5.41) is 0.560. The Kier molecular flexibility index (Phi) is 6.31. The van der Waals surface area contributed by atoms with Crippen molar-refractivity contribution in [3.63, 3.8) is 0 Å². The van der Waals surface area contributed by atoms with Crippen molar-refractivity contribution in [1.29, 1.82) is 0 Å². The summed E-state index contributed by atoms with van der Waals surface area (Å²) in [7, 11) is -3.25. The zero-order chi connectivity index (χ0) is 23.1. The van der Waals surface area contributed by atoms with E-state index in [-0.39, 0.29) is 28.0 Å². The molecule has 12 heteroatoms. The first-order valence-electron chi connectivity index (χ1n) is 9.57. The van der Waals surface area contributed by atoms with Gasteiger partial charge in [0.2, 0.25) is 15.8 Å². The Bertz CT molecular complexity index is 1280. The summed E-state index contributed by atoms with van der Waals surface area (Å²) < 4.78 is 64.4. The third kappa shape index (κ3) is 4.98. The zero-order valence-corrected chi connectivity index (χ0v) is 19.2. The fraction of sp³-hybridized carbons (Fsp3) is 0.350. The van der Waals surface area contributed by atoms with Crippen molar-refractivity contribution in [2.45, 2.75) is 23.5 Å². The Morgan fingerprint density at radius 1 is 1.22 bits per heavy atom. The lowest BCUT2D eigenvalue weighted by molar-refractivity contribution is -0.145. The first kappa shape index (κ1) is 23.1. The molecule has 0 N–H and O–H groups in total. The number of ketones is 1. The van der Waals surface area contributed by atoms with E-state index in [1.807, 2.05) is 6.07 Å². The number of carbonyl (C=O) groups excluding carboxylic acids is 1. The van der Waals surface area contributed by atoms with Gasteiger partial charge in [-0.15, -0.1) is 11.3 Å². The monoisotopic (exact) mass is 501 g/mol. The summed E-state index contributed by atoms with van der Waals surface area (Å²) >= 11 is 2.25. The van der Waals surface area contributed by atoms with Crippen LogP contribution in [0.2, 0.25) is 0 Å². The number of alkyl halides is 3. The largest absolute Gasteiger partial charge is 0.451 e. The van der Waals surface area contributed by atoms with E-state index in [4.69, 9.17) is 0 Å². The lowest BCUT2D eigenvalue weighted by atomic mass is 10.1. The number of rotatable bonds is 6. The number of hydrogen-bond donors (Lipinski definition) is 0. The van der Waals surface area contributed by atoms with Crippen LogP contribution in [0.1, 0.15) is 32.7 Å². The van der Waals surface area contributed by atoms with Gasteiger partial charge >= 0.3 is 6.18 Å². The molecule has 1 aliphatic heterocycles. The van der Waals surface area contributed by atoms with Crippen molar-refractivity contribution >= 4 is 49.8 Å². The summed E-state index contributed by atoms with van der Waals surface area (Å²) in [6.07, 6.45) is -2.83. The van der Waals surface area contributed by atoms with Gasteiger partial charge in [0.25, 0.3) is 0 Å². The summed E-state index contributed by atoms with van der Waals surface area (Å²) in [5.41, 5.74) is 0.167. The first-order valence-corrected chi connectivity index (χ1v) is 13.2. The summed E-state index contributed by atoms with van der Waals surface area (Å²) in [6.45, 7) is 0.831. The Morgan fingerprint density at radius 3 is 2.66 bits per heavy atom. The molecule has 32 heavy (non-hydrogen) atoms. The molecular formula is C20H18F3N3O3S3. The van der Waals surface area contributed by atoms with Crippen molar-refractivity contribution in [3.05, 3.63) is 52.0 Å². The van der Waals surface area contributed by atoms with E-state index in [9.17, 15) is 26.4 Å². The van der Waals surface area contributed by atoms with E-state index >= 15 is 0 Å². The van der Waals surface area contributed by atoms with Gasteiger partial charge < -0.3 is 0 Å². The topological polar surface area (TPSA) is 80.2 Å². The van der Waals surface area contributed by atoms with Crippen molar-refractivity contribution in [2.75, 3.05) is 25.1 Å². The second kappa shape index (κ2) is 8.73. The van der Waals surface area contributed by atoms with Crippen molar-refractivity contribution in [2.24, 2.45) is 0 Å². The lowest BCUT2D eigenvalue weighted by Crippen LogP contribution is -2.27. The Labute approximate surface area is 190 Å². The van der Waals surface area contributed by atoms with Crippen LogP contribution in [-0.4, -0.2) is 53.6 Å². The van der Waals surface area contributed by atoms with Gasteiger partial charge in [0, 0.05) is 29.3 Å². The summed E-state index contributed by atoms with van der Waals surface area (Å²) in [4.78, 5) is 21.4. The average Bonchev–Trinajstić information content (AvgIpc) is 3.40. The molecule has 170 valence electrons. The molecule has 2 aromatic heterocycles. The maximum absolute atomic E-state index is 13.2. The Balaban J connectivity index is 1.49. The van der Waals surface area contributed by atoms with E-state index in [1.54, 1.807) is 24.3 Å². The molecule has 4 rings (SSSR count). The van der Waals surface area contributed by atoms with Crippen molar-refractivity contribution < 1.29 is 26.4 Å². The third-order valence-corrected chi connectivity index (χ3v) is 8.64. The van der Waals surface area contributed by atoms with Crippen LogP contribution in [0.25, 0.3) is 10.9 Å². The molecule has 0 amide bonds. The van der Waals surface area contributed by atoms with Crippen LogP contribution in [0.4, 0.5) is 13.2 Å². The minimum absolute atomic E-state index is 0.0316. The van der Waals surface area contributed by atoms with Crippen LogP contribution in [0.3, 0.4) is 0 Å². The van der Waals surface area contributed by atoms with Gasteiger partial charge in [-0.1, -0.05) is 30.0 Å². The van der Waals surface area contributed by atoms with Gasteiger partial charge in [-0.3, -0.25) is 4.79 Å². The number of thiophene rings is 1. The molecule has 1 aliphatic rings.